The summed E-state index contributed by atoms with van der Waals surface area (Å²) in [7, 11) is 0. The molecular formula is C31H42O. The predicted octanol–water partition coefficient (Wildman–Crippen LogP) is 8.24. The number of aryl methyl sites for hydroxylation is 2. The molecule has 0 fully saturated rings. The summed E-state index contributed by atoms with van der Waals surface area (Å²) in [5.41, 5.74) is 12.1. The summed E-state index contributed by atoms with van der Waals surface area (Å²) in [4.78, 5) is 0. The Bertz CT molecular complexity index is 976. The molecule has 0 aromatic heterocycles. The Morgan fingerprint density at radius 2 is 1.91 bits per heavy atom. The zero-order valence-electron chi connectivity index (χ0n) is 21.1. The fourth-order valence-corrected chi connectivity index (χ4v) is 5.43. The van der Waals surface area contributed by atoms with Crippen LogP contribution in [0.1, 0.15) is 85.9 Å². The predicted molar refractivity (Wildman–Crippen MR) is 140 cm³/mol. The molecule has 0 aliphatic heterocycles. The summed E-state index contributed by atoms with van der Waals surface area (Å²) < 4.78 is 5.76. The van der Waals surface area contributed by atoms with E-state index in [4.69, 9.17) is 4.74 Å². The number of benzene rings is 2. The first kappa shape index (κ1) is 24.4. The summed E-state index contributed by atoms with van der Waals surface area (Å²) in [6, 6.07) is 8.98. The number of rotatable bonds is 10. The highest BCUT2D eigenvalue weighted by molar-refractivity contribution is 5.68. The molecule has 0 radical (unpaired) electrons. The third-order valence-electron chi connectivity index (χ3n) is 7.12. The zero-order chi connectivity index (χ0) is 23.3. The summed E-state index contributed by atoms with van der Waals surface area (Å²) in [5.74, 6) is 0.951. The van der Waals surface area contributed by atoms with Crippen molar-refractivity contribution in [3.8, 4) is 5.75 Å². The molecule has 0 atom stereocenters. The topological polar surface area (TPSA) is 9.23 Å². The maximum Gasteiger partial charge on any atom is 0.119 e. The van der Waals surface area contributed by atoms with Crippen LogP contribution in [0.15, 0.2) is 43.5 Å². The highest BCUT2D eigenvalue weighted by Gasteiger charge is 2.28. The largest absolute Gasteiger partial charge is 0.494 e. The SMILES string of the molecule is C=CCCc1cc(OCC)ccc1C(=C)CCc1c(CC)c(C)cc2c1CCC(C)(C)C2. The van der Waals surface area contributed by atoms with Gasteiger partial charge in [0.15, 0.2) is 0 Å². The van der Waals surface area contributed by atoms with Gasteiger partial charge in [0, 0.05) is 0 Å². The molecule has 3 rings (SSSR count). The Balaban J connectivity index is 1.87. The smallest absolute Gasteiger partial charge is 0.119 e. The molecule has 1 heteroatoms. The molecule has 0 unspecified atom stereocenters. The fourth-order valence-electron chi connectivity index (χ4n) is 5.43. The van der Waals surface area contributed by atoms with Crippen LogP contribution in [-0.4, -0.2) is 6.61 Å². The maximum absolute atomic E-state index is 5.76. The average molecular weight is 431 g/mol. The molecule has 1 aliphatic rings. The van der Waals surface area contributed by atoms with E-state index < -0.39 is 0 Å². The van der Waals surface area contributed by atoms with E-state index in [9.17, 15) is 0 Å². The van der Waals surface area contributed by atoms with Crippen molar-refractivity contribution in [3.05, 3.63) is 82.4 Å². The highest BCUT2D eigenvalue weighted by atomic mass is 16.5. The molecule has 32 heavy (non-hydrogen) atoms. The lowest BCUT2D eigenvalue weighted by molar-refractivity contribution is 0.314. The van der Waals surface area contributed by atoms with Crippen molar-refractivity contribution in [2.24, 2.45) is 5.41 Å². The van der Waals surface area contributed by atoms with E-state index in [1.807, 2.05) is 13.0 Å². The molecule has 2 aromatic rings. The first-order chi connectivity index (χ1) is 15.3. The minimum Gasteiger partial charge on any atom is -0.494 e. The molecule has 0 saturated heterocycles. The van der Waals surface area contributed by atoms with Crippen molar-refractivity contribution in [1.29, 1.82) is 0 Å². The highest BCUT2D eigenvalue weighted by Crippen LogP contribution is 2.39. The van der Waals surface area contributed by atoms with Crippen LogP contribution in [0.3, 0.4) is 0 Å². The summed E-state index contributed by atoms with van der Waals surface area (Å²) >= 11 is 0. The van der Waals surface area contributed by atoms with E-state index in [0.29, 0.717) is 12.0 Å². The van der Waals surface area contributed by atoms with E-state index >= 15 is 0 Å². The molecule has 0 spiro atoms. The second-order valence-electron chi connectivity index (χ2n) is 10.2. The number of hydrogen-bond donors (Lipinski definition) is 0. The Hall–Kier alpha value is -2.28. The van der Waals surface area contributed by atoms with Crippen LogP contribution in [0.25, 0.3) is 5.57 Å². The van der Waals surface area contributed by atoms with E-state index in [0.717, 1.165) is 37.9 Å². The van der Waals surface area contributed by atoms with Gasteiger partial charge in [-0.1, -0.05) is 45.6 Å². The van der Waals surface area contributed by atoms with E-state index in [1.54, 1.807) is 22.3 Å². The quantitative estimate of drug-likeness (QED) is 0.345. The molecule has 1 aliphatic carbocycles. The average Bonchev–Trinajstić information content (AvgIpc) is 2.75. The van der Waals surface area contributed by atoms with E-state index in [2.05, 4.69) is 65.1 Å². The van der Waals surface area contributed by atoms with Gasteiger partial charge in [0.25, 0.3) is 0 Å². The van der Waals surface area contributed by atoms with Gasteiger partial charge >= 0.3 is 0 Å². The van der Waals surface area contributed by atoms with Crippen LogP contribution in [-0.2, 0) is 32.1 Å². The van der Waals surface area contributed by atoms with Crippen molar-refractivity contribution in [3.63, 3.8) is 0 Å². The normalized spacial score (nSPS) is 14.7. The molecule has 172 valence electrons. The molecule has 1 nitrogen and oxygen atoms in total. The van der Waals surface area contributed by atoms with Gasteiger partial charge < -0.3 is 4.74 Å². The minimum absolute atomic E-state index is 0.413. The van der Waals surface area contributed by atoms with Crippen molar-refractivity contribution in [1.82, 2.24) is 0 Å². The number of allylic oxidation sites excluding steroid dienone is 2. The Labute approximate surface area is 196 Å². The molecule has 2 aromatic carbocycles. The van der Waals surface area contributed by atoms with Gasteiger partial charge in [0.2, 0.25) is 0 Å². The molecule has 0 saturated carbocycles. The standard InChI is InChI=1S/C31H42O/c1-8-11-12-24-20-26(32-10-3)14-16-28(24)22(4)13-15-30-27(9-2)23(5)19-25-21-31(6,7)18-17-29(25)30/h8,14,16,19-20H,1,4,9-13,15,17-18,21H2,2-3,5-7H3. The molecule has 0 amide bonds. The summed E-state index contributed by atoms with van der Waals surface area (Å²) in [6.45, 7) is 20.6. The zero-order valence-corrected chi connectivity index (χ0v) is 21.1. The van der Waals surface area contributed by atoms with Crippen molar-refractivity contribution in [2.45, 2.75) is 86.0 Å². The molecule has 0 N–H and O–H groups in total. The lowest BCUT2D eigenvalue weighted by atomic mass is 9.71. The third-order valence-corrected chi connectivity index (χ3v) is 7.12. The number of ether oxygens (including phenoxy) is 1. The Kier molecular flexibility index (Phi) is 8.04. The molecule has 0 heterocycles. The van der Waals surface area contributed by atoms with Crippen LogP contribution in [0.5, 0.6) is 5.75 Å². The second kappa shape index (κ2) is 10.6. The minimum atomic E-state index is 0.413. The summed E-state index contributed by atoms with van der Waals surface area (Å²) in [5, 5.41) is 0. The number of fused-ring (bicyclic) bond motifs is 1. The molecular weight excluding hydrogens is 388 g/mol. The first-order valence-electron chi connectivity index (χ1n) is 12.5. The second-order valence-corrected chi connectivity index (χ2v) is 10.2. The monoisotopic (exact) mass is 430 g/mol. The lowest BCUT2D eigenvalue weighted by Gasteiger charge is -2.34. The van der Waals surface area contributed by atoms with Crippen molar-refractivity contribution in [2.75, 3.05) is 6.61 Å². The Morgan fingerprint density at radius 1 is 1.12 bits per heavy atom. The third kappa shape index (κ3) is 5.55. The Morgan fingerprint density at radius 3 is 2.59 bits per heavy atom. The van der Waals surface area contributed by atoms with Gasteiger partial charge in [-0.2, -0.15) is 0 Å². The van der Waals surface area contributed by atoms with E-state index in [-0.39, 0.29) is 0 Å². The maximum atomic E-state index is 5.76. The first-order valence-corrected chi connectivity index (χ1v) is 12.5. The van der Waals surface area contributed by atoms with Gasteiger partial charge in [-0.3, -0.25) is 0 Å². The van der Waals surface area contributed by atoms with Crippen molar-refractivity contribution < 1.29 is 4.74 Å². The van der Waals surface area contributed by atoms with Crippen LogP contribution in [0.2, 0.25) is 0 Å². The van der Waals surface area contributed by atoms with Gasteiger partial charge in [-0.05, 0) is 127 Å². The van der Waals surface area contributed by atoms with Crippen LogP contribution < -0.4 is 4.74 Å². The van der Waals surface area contributed by atoms with Gasteiger partial charge in [0.1, 0.15) is 5.75 Å². The van der Waals surface area contributed by atoms with Crippen LogP contribution >= 0.6 is 0 Å². The van der Waals surface area contributed by atoms with Crippen molar-refractivity contribution >= 4 is 5.57 Å². The molecule has 0 bridgehead atoms. The van der Waals surface area contributed by atoms with Crippen LogP contribution in [0, 0.1) is 12.3 Å². The summed E-state index contributed by atoms with van der Waals surface area (Å²) in [6.07, 6.45) is 10.8. The van der Waals surface area contributed by atoms with E-state index in [1.165, 1.54) is 41.5 Å². The fraction of sp³-hybridized carbons (Fsp3) is 0.484. The lowest BCUT2D eigenvalue weighted by Crippen LogP contribution is -2.24. The van der Waals surface area contributed by atoms with Crippen LogP contribution in [0.4, 0.5) is 0 Å². The van der Waals surface area contributed by atoms with Gasteiger partial charge in [0.05, 0.1) is 6.61 Å². The van der Waals surface area contributed by atoms with Gasteiger partial charge in [-0.15, -0.1) is 6.58 Å². The number of hydrogen-bond acceptors (Lipinski definition) is 1. The van der Waals surface area contributed by atoms with Gasteiger partial charge in [-0.25, -0.2) is 0 Å².